The van der Waals surface area contributed by atoms with Gasteiger partial charge in [0, 0.05) is 25.1 Å². The van der Waals surface area contributed by atoms with Gasteiger partial charge in [0.1, 0.15) is 0 Å². The fourth-order valence-electron chi connectivity index (χ4n) is 3.06. The average molecular weight is 305 g/mol. The zero-order valence-electron chi connectivity index (χ0n) is 13.4. The largest absolute Gasteiger partial charge is 0.299 e. The van der Waals surface area contributed by atoms with Crippen LogP contribution in [0.15, 0.2) is 66.7 Å². The molecule has 0 atom stereocenters. The molecule has 0 fully saturated rings. The van der Waals surface area contributed by atoms with E-state index in [1.54, 1.807) is 0 Å². The van der Waals surface area contributed by atoms with Gasteiger partial charge >= 0.3 is 0 Å². The van der Waals surface area contributed by atoms with Crippen molar-refractivity contribution in [3.05, 3.63) is 77.9 Å². The smallest absolute Gasteiger partial charge is 0.162 e. The van der Waals surface area contributed by atoms with Gasteiger partial charge in [-0.05, 0) is 30.5 Å². The van der Waals surface area contributed by atoms with Gasteiger partial charge in [0.25, 0.3) is 0 Å². The van der Waals surface area contributed by atoms with Crippen LogP contribution in [0.5, 0.6) is 0 Å². The maximum Gasteiger partial charge on any atom is 0.162 e. The average Bonchev–Trinajstić information content (AvgIpc) is 2.64. The summed E-state index contributed by atoms with van der Waals surface area (Å²) in [6, 6.07) is 20.2. The number of ketones is 1. The molecule has 118 valence electrons. The van der Waals surface area contributed by atoms with Crippen LogP contribution in [0.2, 0.25) is 0 Å². The van der Waals surface area contributed by atoms with Crippen molar-refractivity contribution in [1.29, 1.82) is 0 Å². The number of hydrogen-bond donors (Lipinski definition) is 0. The molecule has 2 aromatic rings. The Hall–Kier alpha value is -2.19. The maximum atomic E-state index is 12.1. The van der Waals surface area contributed by atoms with Crippen LogP contribution in [-0.4, -0.2) is 30.3 Å². The maximum absolute atomic E-state index is 12.1. The van der Waals surface area contributed by atoms with Crippen LogP contribution in [-0.2, 0) is 0 Å². The summed E-state index contributed by atoms with van der Waals surface area (Å²) >= 11 is 0. The summed E-state index contributed by atoms with van der Waals surface area (Å²) in [6.45, 7) is 3.07. The summed E-state index contributed by atoms with van der Waals surface area (Å²) in [4.78, 5) is 14.5. The van der Waals surface area contributed by atoms with Crippen LogP contribution < -0.4 is 0 Å². The fourth-order valence-corrected chi connectivity index (χ4v) is 3.06. The summed E-state index contributed by atoms with van der Waals surface area (Å²) in [7, 11) is 0. The number of nitrogens with zero attached hydrogens (tertiary/aromatic N) is 1. The van der Waals surface area contributed by atoms with E-state index < -0.39 is 0 Å². The molecule has 0 spiro atoms. The summed E-state index contributed by atoms with van der Waals surface area (Å²) in [5, 5.41) is 0. The Balaban J connectivity index is 1.44. The second kappa shape index (κ2) is 7.89. The SMILES string of the molecule is O=C(CCCN1CC=C(c2ccccc2)CC1)c1ccccc1. The predicted octanol–water partition coefficient (Wildman–Crippen LogP) is 4.44. The summed E-state index contributed by atoms with van der Waals surface area (Å²) < 4.78 is 0. The van der Waals surface area contributed by atoms with Crippen molar-refractivity contribution in [1.82, 2.24) is 4.90 Å². The Morgan fingerprint density at radius 2 is 1.65 bits per heavy atom. The van der Waals surface area contributed by atoms with Crippen molar-refractivity contribution in [2.75, 3.05) is 19.6 Å². The van der Waals surface area contributed by atoms with Gasteiger partial charge in [-0.3, -0.25) is 9.69 Å². The van der Waals surface area contributed by atoms with E-state index in [1.165, 1.54) is 11.1 Å². The van der Waals surface area contributed by atoms with Gasteiger partial charge in [-0.1, -0.05) is 66.7 Å². The van der Waals surface area contributed by atoms with E-state index in [4.69, 9.17) is 0 Å². The third kappa shape index (κ3) is 4.40. The van der Waals surface area contributed by atoms with E-state index in [0.29, 0.717) is 6.42 Å². The summed E-state index contributed by atoms with van der Waals surface area (Å²) in [5.74, 6) is 0.253. The number of carbonyl (C=O) groups excluding carboxylic acids is 1. The molecule has 2 nitrogen and oxygen atoms in total. The van der Waals surface area contributed by atoms with Gasteiger partial charge in [-0.25, -0.2) is 0 Å². The van der Waals surface area contributed by atoms with Crippen molar-refractivity contribution in [2.45, 2.75) is 19.3 Å². The van der Waals surface area contributed by atoms with E-state index in [9.17, 15) is 4.79 Å². The molecule has 0 unspecified atom stereocenters. The molecular weight excluding hydrogens is 282 g/mol. The standard InChI is InChI=1S/C21H23NO/c23-21(20-10-5-2-6-11-20)12-7-15-22-16-13-19(14-17-22)18-8-3-1-4-9-18/h1-6,8-11,13H,7,12,14-17H2. The lowest BCUT2D eigenvalue weighted by atomic mass is 9.99. The first-order valence-corrected chi connectivity index (χ1v) is 8.38. The molecule has 3 rings (SSSR count). The van der Waals surface area contributed by atoms with Gasteiger partial charge in [-0.2, -0.15) is 0 Å². The molecule has 1 aliphatic heterocycles. The highest BCUT2D eigenvalue weighted by molar-refractivity contribution is 5.95. The van der Waals surface area contributed by atoms with E-state index in [0.717, 1.165) is 38.0 Å². The third-order valence-corrected chi connectivity index (χ3v) is 4.41. The van der Waals surface area contributed by atoms with Crippen LogP contribution in [0.4, 0.5) is 0 Å². The minimum Gasteiger partial charge on any atom is -0.299 e. The lowest BCUT2D eigenvalue weighted by molar-refractivity contribution is 0.0975. The van der Waals surface area contributed by atoms with Gasteiger partial charge in [-0.15, -0.1) is 0 Å². The summed E-state index contributed by atoms with van der Waals surface area (Å²) in [5.41, 5.74) is 3.62. The number of rotatable bonds is 6. The first-order chi connectivity index (χ1) is 11.3. The fraction of sp³-hybridized carbons (Fsp3) is 0.286. The van der Waals surface area contributed by atoms with E-state index in [-0.39, 0.29) is 5.78 Å². The van der Waals surface area contributed by atoms with E-state index >= 15 is 0 Å². The molecule has 0 bridgehead atoms. The molecule has 0 saturated carbocycles. The molecule has 0 amide bonds. The van der Waals surface area contributed by atoms with E-state index in [1.807, 2.05) is 30.3 Å². The topological polar surface area (TPSA) is 20.3 Å². The van der Waals surface area contributed by atoms with Crippen molar-refractivity contribution in [2.24, 2.45) is 0 Å². The Morgan fingerprint density at radius 1 is 0.957 bits per heavy atom. The second-order valence-electron chi connectivity index (χ2n) is 6.04. The van der Waals surface area contributed by atoms with Crippen LogP contribution in [0, 0.1) is 0 Å². The van der Waals surface area contributed by atoms with Crippen molar-refractivity contribution >= 4 is 11.4 Å². The molecule has 0 aliphatic carbocycles. The predicted molar refractivity (Wildman–Crippen MR) is 95.5 cm³/mol. The van der Waals surface area contributed by atoms with Crippen LogP contribution in [0.1, 0.15) is 35.2 Å². The molecule has 2 heteroatoms. The van der Waals surface area contributed by atoms with Gasteiger partial charge in [0.05, 0.1) is 0 Å². The van der Waals surface area contributed by atoms with Crippen LogP contribution in [0.25, 0.3) is 5.57 Å². The first-order valence-electron chi connectivity index (χ1n) is 8.38. The quantitative estimate of drug-likeness (QED) is 0.735. The minimum atomic E-state index is 0.253. The third-order valence-electron chi connectivity index (χ3n) is 4.41. The molecule has 0 radical (unpaired) electrons. The number of carbonyl (C=O) groups is 1. The Morgan fingerprint density at radius 3 is 2.30 bits per heavy atom. The van der Waals surface area contributed by atoms with Gasteiger partial charge in [0.2, 0.25) is 0 Å². The van der Waals surface area contributed by atoms with Gasteiger partial charge < -0.3 is 0 Å². The monoisotopic (exact) mass is 305 g/mol. The molecule has 23 heavy (non-hydrogen) atoms. The second-order valence-corrected chi connectivity index (χ2v) is 6.04. The highest BCUT2D eigenvalue weighted by Crippen LogP contribution is 2.22. The normalized spacial score (nSPS) is 15.2. The van der Waals surface area contributed by atoms with Crippen molar-refractivity contribution in [3.8, 4) is 0 Å². The Bertz CT molecular complexity index is 661. The zero-order valence-corrected chi connectivity index (χ0v) is 13.4. The van der Waals surface area contributed by atoms with Crippen LogP contribution in [0.3, 0.4) is 0 Å². The lowest BCUT2D eigenvalue weighted by Crippen LogP contribution is -2.29. The molecule has 0 aromatic heterocycles. The van der Waals surface area contributed by atoms with Crippen molar-refractivity contribution in [3.63, 3.8) is 0 Å². The Labute approximate surface area is 138 Å². The number of hydrogen-bond acceptors (Lipinski definition) is 2. The number of benzene rings is 2. The Kier molecular flexibility index (Phi) is 5.38. The molecule has 1 heterocycles. The number of Topliss-reactive ketones (excluding diaryl/α,β-unsaturated/α-hetero) is 1. The highest BCUT2D eigenvalue weighted by Gasteiger charge is 2.13. The molecule has 2 aromatic carbocycles. The first kappa shape index (κ1) is 15.7. The van der Waals surface area contributed by atoms with Crippen molar-refractivity contribution < 1.29 is 4.79 Å². The molecule has 0 N–H and O–H groups in total. The molecule has 1 aliphatic rings. The van der Waals surface area contributed by atoms with E-state index in [2.05, 4.69) is 41.3 Å². The minimum absolute atomic E-state index is 0.253. The van der Waals surface area contributed by atoms with Crippen LogP contribution >= 0.6 is 0 Å². The molecular formula is C21H23NO. The zero-order chi connectivity index (χ0) is 15.9. The molecule has 0 saturated heterocycles. The lowest BCUT2D eigenvalue weighted by Gasteiger charge is -2.26. The highest BCUT2D eigenvalue weighted by atomic mass is 16.1. The van der Waals surface area contributed by atoms with Gasteiger partial charge in [0.15, 0.2) is 5.78 Å². The summed E-state index contributed by atoms with van der Waals surface area (Å²) in [6.07, 6.45) is 4.99.